The highest BCUT2D eigenvalue weighted by Gasteiger charge is 2.21. The number of carbonyl (C=O) groups is 1. The van der Waals surface area contributed by atoms with Crippen molar-refractivity contribution >= 4 is 23.4 Å². The van der Waals surface area contributed by atoms with Crippen molar-refractivity contribution in [1.82, 2.24) is 9.97 Å². The van der Waals surface area contributed by atoms with Crippen molar-refractivity contribution in [3.05, 3.63) is 90.0 Å². The van der Waals surface area contributed by atoms with Crippen molar-refractivity contribution in [2.24, 2.45) is 0 Å². The van der Waals surface area contributed by atoms with Gasteiger partial charge in [-0.2, -0.15) is 0 Å². The molecule has 0 fully saturated rings. The molecule has 0 aliphatic carbocycles. The molecule has 4 rings (SSSR count). The van der Waals surface area contributed by atoms with Crippen LogP contribution in [0.5, 0.6) is 0 Å². The molecule has 4 aromatic rings. The van der Waals surface area contributed by atoms with Crippen molar-refractivity contribution in [2.75, 3.05) is 11.1 Å². The summed E-state index contributed by atoms with van der Waals surface area (Å²) in [5, 5.41) is 2.45. The van der Waals surface area contributed by atoms with Crippen LogP contribution in [0.1, 0.15) is 6.42 Å². The molecule has 168 valence electrons. The summed E-state index contributed by atoms with van der Waals surface area (Å²) in [6, 6.07) is 19.3. The van der Waals surface area contributed by atoms with Gasteiger partial charge in [-0.15, -0.1) is 0 Å². The molecule has 1 aromatic heterocycles. The fourth-order valence-corrected chi connectivity index (χ4v) is 3.97. The Morgan fingerprint density at radius 3 is 2.06 bits per heavy atom. The van der Waals surface area contributed by atoms with Crippen LogP contribution in [0, 0.1) is 23.3 Å². The number of H-pyrrole nitrogens is 1. The molecule has 0 aliphatic rings. The number of rotatable bonds is 7. The van der Waals surface area contributed by atoms with Gasteiger partial charge in [0.2, 0.25) is 5.91 Å². The predicted molar refractivity (Wildman–Crippen MR) is 120 cm³/mol. The van der Waals surface area contributed by atoms with Gasteiger partial charge in [0.15, 0.2) is 28.4 Å². The summed E-state index contributed by atoms with van der Waals surface area (Å²) < 4.78 is 54.1. The largest absolute Gasteiger partial charge is 0.332 e. The first kappa shape index (κ1) is 22.6. The zero-order valence-corrected chi connectivity index (χ0v) is 17.9. The number of nitrogens with one attached hydrogen (secondary N) is 2. The van der Waals surface area contributed by atoms with Gasteiger partial charge < -0.3 is 10.3 Å². The Labute approximate surface area is 191 Å². The lowest BCUT2D eigenvalue weighted by molar-refractivity contribution is -0.115. The predicted octanol–water partition coefficient (Wildman–Crippen LogP) is 6.42. The maximum Gasteiger partial charge on any atom is 0.225 e. The number of hydrogen-bond donors (Lipinski definition) is 2. The number of imidazole rings is 1. The van der Waals surface area contributed by atoms with Crippen molar-refractivity contribution in [1.29, 1.82) is 0 Å². The summed E-state index contributed by atoms with van der Waals surface area (Å²) in [4.78, 5) is 20.0. The van der Waals surface area contributed by atoms with E-state index in [4.69, 9.17) is 0 Å². The van der Waals surface area contributed by atoms with E-state index in [1.165, 1.54) is 11.8 Å². The third-order valence-electron chi connectivity index (χ3n) is 4.74. The highest BCUT2D eigenvalue weighted by Crippen LogP contribution is 2.33. The van der Waals surface area contributed by atoms with E-state index in [1.807, 2.05) is 66.0 Å². The summed E-state index contributed by atoms with van der Waals surface area (Å²) in [5.74, 6) is -7.06. The van der Waals surface area contributed by atoms with Gasteiger partial charge in [-0.25, -0.2) is 22.5 Å². The SMILES string of the molecule is O=C(CCSc1nc(-c2ccccc2)c(-c2ccccc2)[nH]1)Nc1c(F)c(F)cc(F)c1F. The Hall–Kier alpha value is -3.59. The lowest BCUT2D eigenvalue weighted by Gasteiger charge is -2.08. The smallest absolute Gasteiger partial charge is 0.225 e. The molecule has 2 N–H and O–H groups in total. The van der Waals surface area contributed by atoms with E-state index in [-0.39, 0.29) is 18.2 Å². The van der Waals surface area contributed by atoms with Crippen molar-refractivity contribution in [3.8, 4) is 22.5 Å². The number of aromatic amines is 1. The summed E-state index contributed by atoms with van der Waals surface area (Å²) in [6.07, 6.45) is -0.163. The molecular weight excluding hydrogens is 454 g/mol. The first-order valence-corrected chi connectivity index (χ1v) is 10.9. The van der Waals surface area contributed by atoms with E-state index in [2.05, 4.69) is 9.97 Å². The number of hydrogen-bond acceptors (Lipinski definition) is 3. The van der Waals surface area contributed by atoms with Crippen LogP contribution in [0.25, 0.3) is 22.5 Å². The zero-order valence-electron chi connectivity index (χ0n) is 17.0. The summed E-state index contributed by atoms with van der Waals surface area (Å²) in [5.41, 5.74) is 2.27. The Morgan fingerprint density at radius 2 is 1.45 bits per heavy atom. The van der Waals surface area contributed by atoms with Crippen LogP contribution >= 0.6 is 11.8 Å². The molecule has 0 saturated carbocycles. The first-order valence-electron chi connectivity index (χ1n) is 9.90. The summed E-state index contributed by atoms with van der Waals surface area (Å²) >= 11 is 1.24. The van der Waals surface area contributed by atoms with E-state index in [0.717, 1.165) is 22.5 Å². The number of carbonyl (C=O) groups excluding carboxylic acids is 1. The van der Waals surface area contributed by atoms with Gasteiger partial charge in [0, 0.05) is 29.4 Å². The second kappa shape index (κ2) is 9.91. The average molecular weight is 471 g/mol. The lowest BCUT2D eigenvalue weighted by Crippen LogP contribution is -2.16. The van der Waals surface area contributed by atoms with Crippen LogP contribution < -0.4 is 5.32 Å². The maximum atomic E-state index is 13.7. The number of anilines is 1. The Morgan fingerprint density at radius 1 is 0.879 bits per heavy atom. The molecule has 0 aliphatic heterocycles. The molecule has 9 heteroatoms. The van der Waals surface area contributed by atoms with E-state index in [0.29, 0.717) is 5.16 Å². The van der Waals surface area contributed by atoms with Crippen LogP contribution in [0.15, 0.2) is 71.9 Å². The number of benzene rings is 3. The maximum absolute atomic E-state index is 13.7. The van der Waals surface area contributed by atoms with Crippen LogP contribution in [-0.2, 0) is 4.79 Å². The molecule has 0 bridgehead atoms. The molecule has 0 spiro atoms. The molecule has 0 unspecified atom stereocenters. The number of amides is 1. The molecule has 1 heterocycles. The minimum absolute atomic E-state index is 0.0850. The van der Waals surface area contributed by atoms with E-state index >= 15 is 0 Å². The standard InChI is InChI=1S/C24H17F4N3OS/c25-16-13-17(26)20(28)23(19(16)27)29-18(32)11-12-33-24-30-21(14-7-3-1-4-8-14)22(31-24)15-9-5-2-6-10-15/h1-10,13H,11-12H2,(H,29,32)(H,30,31). The van der Waals surface area contributed by atoms with Crippen LogP contribution in [0.2, 0.25) is 0 Å². The highest BCUT2D eigenvalue weighted by atomic mass is 32.2. The minimum atomic E-state index is -1.65. The van der Waals surface area contributed by atoms with Gasteiger partial charge >= 0.3 is 0 Å². The number of thioether (sulfide) groups is 1. The molecule has 0 atom stereocenters. The van der Waals surface area contributed by atoms with Gasteiger partial charge in [-0.1, -0.05) is 72.4 Å². The number of nitrogens with zero attached hydrogens (tertiary/aromatic N) is 1. The van der Waals surface area contributed by atoms with Crippen LogP contribution in [-0.4, -0.2) is 21.6 Å². The number of halogens is 4. The topological polar surface area (TPSA) is 57.8 Å². The third kappa shape index (κ3) is 5.09. The zero-order chi connectivity index (χ0) is 23.4. The Kier molecular flexibility index (Phi) is 6.79. The van der Waals surface area contributed by atoms with Gasteiger partial charge in [0.05, 0.1) is 11.4 Å². The quantitative estimate of drug-likeness (QED) is 0.186. The molecule has 33 heavy (non-hydrogen) atoms. The average Bonchev–Trinajstić information content (AvgIpc) is 3.26. The Balaban J connectivity index is 1.47. The van der Waals surface area contributed by atoms with Crippen LogP contribution in [0.3, 0.4) is 0 Å². The molecule has 0 saturated heterocycles. The number of aromatic nitrogens is 2. The summed E-state index contributed by atoms with van der Waals surface area (Å²) in [7, 11) is 0. The highest BCUT2D eigenvalue weighted by molar-refractivity contribution is 7.99. The fraction of sp³-hybridized carbons (Fsp3) is 0.0833. The first-order chi connectivity index (χ1) is 15.9. The van der Waals surface area contributed by atoms with Gasteiger partial charge in [0.1, 0.15) is 5.69 Å². The minimum Gasteiger partial charge on any atom is -0.332 e. The second-order valence-electron chi connectivity index (χ2n) is 6.99. The normalized spacial score (nSPS) is 10.9. The van der Waals surface area contributed by atoms with Crippen LogP contribution in [0.4, 0.5) is 23.2 Å². The third-order valence-corrected chi connectivity index (χ3v) is 5.61. The Bertz CT molecular complexity index is 1200. The molecule has 0 radical (unpaired) electrons. The van der Waals surface area contributed by atoms with Gasteiger partial charge in [-0.05, 0) is 0 Å². The van der Waals surface area contributed by atoms with E-state index in [1.54, 1.807) is 0 Å². The molecule has 1 amide bonds. The lowest BCUT2D eigenvalue weighted by atomic mass is 10.1. The van der Waals surface area contributed by atoms with E-state index < -0.39 is 34.9 Å². The van der Waals surface area contributed by atoms with Crippen molar-refractivity contribution in [2.45, 2.75) is 11.6 Å². The second-order valence-corrected chi connectivity index (χ2v) is 8.07. The fourth-order valence-electron chi connectivity index (χ4n) is 3.16. The van der Waals surface area contributed by atoms with E-state index in [9.17, 15) is 22.4 Å². The van der Waals surface area contributed by atoms with Gasteiger partial charge in [0.25, 0.3) is 0 Å². The monoisotopic (exact) mass is 471 g/mol. The van der Waals surface area contributed by atoms with Crippen molar-refractivity contribution < 1.29 is 22.4 Å². The molecular formula is C24H17F4N3OS. The molecule has 4 nitrogen and oxygen atoms in total. The van der Waals surface area contributed by atoms with Crippen molar-refractivity contribution in [3.63, 3.8) is 0 Å². The molecule has 3 aromatic carbocycles. The van der Waals surface area contributed by atoms with Gasteiger partial charge in [-0.3, -0.25) is 4.79 Å². The summed E-state index contributed by atoms with van der Waals surface area (Å²) in [6.45, 7) is 0.